The summed E-state index contributed by atoms with van der Waals surface area (Å²) in [7, 11) is 0. The summed E-state index contributed by atoms with van der Waals surface area (Å²) in [5, 5.41) is 5.86. The molecule has 0 aliphatic carbocycles. The van der Waals surface area contributed by atoms with E-state index in [2.05, 4.69) is 10.1 Å². The monoisotopic (exact) mass is 229 g/mol. The third kappa shape index (κ3) is 1.37. The summed E-state index contributed by atoms with van der Waals surface area (Å²) in [6.07, 6.45) is 5.15. The van der Waals surface area contributed by atoms with E-state index in [0.29, 0.717) is 5.02 Å². The fourth-order valence-electron chi connectivity index (χ4n) is 1.68. The van der Waals surface area contributed by atoms with Crippen molar-refractivity contribution in [2.75, 3.05) is 0 Å². The van der Waals surface area contributed by atoms with E-state index in [9.17, 15) is 0 Å². The van der Waals surface area contributed by atoms with Crippen molar-refractivity contribution in [3.8, 4) is 5.69 Å². The zero-order valence-electron chi connectivity index (χ0n) is 8.34. The second-order valence-corrected chi connectivity index (χ2v) is 3.85. The normalized spacial score (nSPS) is 10.8. The maximum Gasteiger partial charge on any atom is 0.0939 e. The molecular formula is C12H8ClN3. The second kappa shape index (κ2) is 3.61. The van der Waals surface area contributed by atoms with Gasteiger partial charge in [0.2, 0.25) is 0 Å². The van der Waals surface area contributed by atoms with Crippen molar-refractivity contribution in [2.24, 2.45) is 0 Å². The number of fused-ring (bicyclic) bond motifs is 1. The van der Waals surface area contributed by atoms with Gasteiger partial charge in [0.25, 0.3) is 0 Å². The first-order valence-electron chi connectivity index (χ1n) is 4.89. The summed E-state index contributed by atoms with van der Waals surface area (Å²) < 4.78 is 1.83. The topological polar surface area (TPSA) is 30.7 Å². The van der Waals surface area contributed by atoms with Crippen LogP contribution in [0.15, 0.2) is 48.9 Å². The van der Waals surface area contributed by atoms with Gasteiger partial charge in [-0.15, -0.1) is 0 Å². The number of hydrogen-bond donors (Lipinski definition) is 0. The fraction of sp³-hybridized carbons (Fsp3) is 0. The number of nitrogens with zero attached hydrogens (tertiary/aromatic N) is 3. The van der Waals surface area contributed by atoms with Crippen LogP contribution in [0, 0.1) is 0 Å². The van der Waals surface area contributed by atoms with Gasteiger partial charge in [-0.3, -0.25) is 4.98 Å². The Morgan fingerprint density at radius 3 is 2.62 bits per heavy atom. The molecule has 0 atom stereocenters. The number of halogens is 1. The van der Waals surface area contributed by atoms with E-state index < -0.39 is 0 Å². The van der Waals surface area contributed by atoms with Crippen molar-refractivity contribution in [3.05, 3.63) is 53.9 Å². The number of hydrogen-bond acceptors (Lipinski definition) is 2. The lowest BCUT2D eigenvalue weighted by atomic mass is 10.3. The van der Waals surface area contributed by atoms with Gasteiger partial charge >= 0.3 is 0 Å². The Morgan fingerprint density at radius 1 is 1.00 bits per heavy atom. The largest absolute Gasteiger partial charge is 0.261 e. The fourth-order valence-corrected chi connectivity index (χ4v) is 1.89. The van der Waals surface area contributed by atoms with Crippen LogP contribution >= 0.6 is 11.6 Å². The molecule has 2 heterocycles. The SMILES string of the molecule is Clc1cncc2c1cnn2-c1ccccc1. The predicted octanol–water partition coefficient (Wildman–Crippen LogP) is 3.07. The first-order valence-corrected chi connectivity index (χ1v) is 5.27. The summed E-state index contributed by atoms with van der Waals surface area (Å²) in [5.41, 5.74) is 1.92. The first kappa shape index (κ1) is 9.36. The molecule has 78 valence electrons. The van der Waals surface area contributed by atoms with E-state index in [0.717, 1.165) is 16.6 Å². The van der Waals surface area contributed by atoms with Crippen LogP contribution in [-0.4, -0.2) is 14.8 Å². The molecule has 0 fully saturated rings. The molecule has 3 aromatic rings. The second-order valence-electron chi connectivity index (χ2n) is 3.45. The van der Waals surface area contributed by atoms with Crippen LogP contribution in [0.5, 0.6) is 0 Å². The maximum atomic E-state index is 6.04. The summed E-state index contributed by atoms with van der Waals surface area (Å²) in [6, 6.07) is 9.91. The molecule has 0 N–H and O–H groups in total. The molecule has 0 saturated carbocycles. The number of rotatable bonds is 1. The van der Waals surface area contributed by atoms with E-state index in [1.165, 1.54) is 0 Å². The van der Waals surface area contributed by atoms with Crippen molar-refractivity contribution >= 4 is 22.5 Å². The zero-order chi connectivity index (χ0) is 11.0. The van der Waals surface area contributed by atoms with Crippen LogP contribution in [0.2, 0.25) is 5.02 Å². The van der Waals surface area contributed by atoms with Gasteiger partial charge in [-0.2, -0.15) is 5.10 Å². The molecule has 16 heavy (non-hydrogen) atoms. The highest BCUT2D eigenvalue weighted by molar-refractivity contribution is 6.35. The number of aromatic nitrogens is 3. The Balaban J connectivity index is 2.30. The van der Waals surface area contributed by atoms with Crippen LogP contribution in [0.3, 0.4) is 0 Å². The average Bonchev–Trinajstić information content (AvgIpc) is 2.75. The molecule has 0 aliphatic rings. The Morgan fingerprint density at radius 2 is 1.81 bits per heavy atom. The Hall–Kier alpha value is -1.87. The van der Waals surface area contributed by atoms with Gasteiger partial charge in [-0.05, 0) is 12.1 Å². The minimum absolute atomic E-state index is 0.625. The summed E-state index contributed by atoms with van der Waals surface area (Å²) >= 11 is 6.04. The molecule has 0 amide bonds. The molecule has 0 unspecified atom stereocenters. The van der Waals surface area contributed by atoms with E-state index in [4.69, 9.17) is 11.6 Å². The molecule has 0 radical (unpaired) electrons. The van der Waals surface area contributed by atoms with Crippen molar-refractivity contribution in [3.63, 3.8) is 0 Å². The van der Waals surface area contributed by atoms with Gasteiger partial charge in [0.05, 0.1) is 28.6 Å². The quantitative estimate of drug-likeness (QED) is 0.642. The molecule has 1 aromatic carbocycles. The highest BCUT2D eigenvalue weighted by Crippen LogP contribution is 2.23. The lowest BCUT2D eigenvalue weighted by Crippen LogP contribution is -1.95. The predicted molar refractivity (Wildman–Crippen MR) is 63.9 cm³/mol. The summed E-state index contributed by atoms with van der Waals surface area (Å²) in [4.78, 5) is 4.08. The van der Waals surface area contributed by atoms with Crippen molar-refractivity contribution in [1.29, 1.82) is 0 Å². The number of para-hydroxylation sites is 1. The molecule has 0 spiro atoms. The molecule has 3 nitrogen and oxygen atoms in total. The molecule has 4 heteroatoms. The standard InChI is InChI=1S/C12H8ClN3/c13-11-7-14-8-12-10(11)6-15-16(12)9-4-2-1-3-5-9/h1-8H. The zero-order valence-corrected chi connectivity index (χ0v) is 9.09. The molecule has 2 aromatic heterocycles. The minimum Gasteiger partial charge on any atom is -0.261 e. The lowest BCUT2D eigenvalue weighted by Gasteiger charge is -2.02. The average molecular weight is 230 g/mol. The van der Waals surface area contributed by atoms with Crippen LogP contribution in [0.4, 0.5) is 0 Å². The van der Waals surface area contributed by atoms with Gasteiger partial charge in [-0.1, -0.05) is 29.8 Å². The molecule has 0 aliphatic heterocycles. The van der Waals surface area contributed by atoms with Crippen LogP contribution in [0.25, 0.3) is 16.6 Å². The lowest BCUT2D eigenvalue weighted by molar-refractivity contribution is 0.908. The highest BCUT2D eigenvalue weighted by atomic mass is 35.5. The van der Waals surface area contributed by atoms with Gasteiger partial charge in [0, 0.05) is 11.6 Å². The van der Waals surface area contributed by atoms with Crippen molar-refractivity contribution in [2.45, 2.75) is 0 Å². The van der Waals surface area contributed by atoms with Gasteiger partial charge in [-0.25, -0.2) is 4.68 Å². The highest BCUT2D eigenvalue weighted by Gasteiger charge is 2.06. The van der Waals surface area contributed by atoms with Gasteiger partial charge < -0.3 is 0 Å². The molecule has 0 saturated heterocycles. The van der Waals surface area contributed by atoms with E-state index in [1.54, 1.807) is 18.6 Å². The summed E-state index contributed by atoms with van der Waals surface area (Å²) in [5.74, 6) is 0. The molecule has 3 rings (SSSR count). The third-order valence-electron chi connectivity index (χ3n) is 2.45. The van der Waals surface area contributed by atoms with Gasteiger partial charge in [0.15, 0.2) is 0 Å². The van der Waals surface area contributed by atoms with E-state index in [1.807, 2.05) is 35.0 Å². The Kier molecular flexibility index (Phi) is 2.11. The minimum atomic E-state index is 0.625. The van der Waals surface area contributed by atoms with Crippen molar-refractivity contribution < 1.29 is 0 Å². The van der Waals surface area contributed by atoms with Crippen molar-refractivity contribution in [1.82, 2.24) is 14.8 Å². The third-order valence-corrected chi connectivity index (χ3v) is 2.75. The number of benzene rings is 1. The summed E-state index contributed by atoms with van der Waals surface area (Å²) in [6.45, 7) is 0. The molecule has 0 bridgehead atoms. The molecular weight excluding hydrogens is 222 g/mol. The Labute approximate surface area is 97.3 Å². The smallest absolute Gasteiger partial charge is 0.0939 e. The maximum absolute atomic E-state index is 6.04. The first-order chi connectivity index (χ1) is 7.86. The van der Waals surface area contributed by atoms with Crippen LogP contribution in [-0.2, 0) is 0 Å². The number of pyridine rings is 1. The Bertz CT molecular complexity index is 631. The van der Waals surface area contributed by atoms with E-state index in [-0.39, 0.29) is 0 Å². The van der Waals surface area contributed by atoms with E-state index >= 15 is 0 Å². The van der Waals surface area contributed by atoms with Crippen LogP contribution in [0.1, 0.15) is 0 Å². The van der Waals surface area contributed by atoms with Crippen LogP contribution < -0.4 is 0 Å². The van der Waals surface area contributed by atoms with Gasteiger partial charge in [0.1, 0.15) is 0 Å².